The minimum atomic E-state index is -1.11. The first-order valence-electron chi connectivity index (χ1n) is 27.8. The topological polar surface area (TPSA) is 193 Å². The van der Waals surface area contributed by atoms with E-state index in [1.165, 1.54) is 0 Å². The van der Waals surface area contributed by atoms with Gasteiger partial charge in [0.2, 0.25) is 0 Å². The summed E-state index contributed by atoms with van der Waals surface area (Å²) in [5, 5.41) is 19.8. The fraction of sp³-hybridized carbons (Fsp3) is 0.350. The van der Waals surface area contributed by atoms with Crippen LogP contribution in [0.2, 0.25) is 56.5 Å². The monoisotopic (exact) mass is 1170 g/mol. The highest BCUT2D eigenvalue weighted by Gasteiger charge is 2.52. The minimum absolute atomic E-state index is 0.284. The first-order chi connectivity index (χ1) is 39.5. The zero-order chi connectivity index (χ0) is 58.8. The highest BCUT2D eigenvalue weighted by atomic mass is 35.5. The van der Waals surface area contributed by atoms with Gasteiger partial charge in [0.25, 0.3) is 0 Å². The third-order valence-corrected chi connectivity index (χ3v) is 18.6. The number of rotatable bonds is 13. The molecular weight excluding hydrogens is 1100 g/mol. The van der Waals surface area contributed by atoms with Crippen LogP contribution >= 0.6 is 11.6 Å². The van der Waals surface area contributed by atoms with Crippen molar-refractivity contribution in [1.82, 2.24) is 73.4 Å². The van der Waals surface area contributed by atoms with E-state index in [-0.39, 0.29) is 18.3 Å². The molecule has 12 aromatic rings. The molecule has 23 heteroatoms. The second kappa shape index (κ2) is 24.0. The second-order valence-corrected chi connectivity index (χ2v) is 36.0. The van der Waals surface area contributed by atoms with E-state index < -0.39 is 16.1 Å². The third-order valence-electron chi connectivity index (χ3n) is 14.9. The standard InChI is InChI=1S/C20H25N5OSi.C16H20ClN3OSi.C14H11N5.C10H17BN2O2/c1-24-13-15(11-22-24)18-6-5-17-16-7-8-21-12-19(16)25(20(17)23-18)14-26-9-10-27(2,3)4;1-22(2,3)9-8-21-11-20-14-10-18-7-6-12(14)13-4-5-15(17)19-16(13)20;1-19-8-9(6-16-19)12-3-2-11-10-4-5-15-7-13(10)18-14(11)17-12;1-9(2)10(3,4)15-11(14-9)8-6-12-13(5)7-8/h5-8,11-13H,9-10,14H2,1-4H3;4-7,10H,8-9,11H2,1-3H3;2-8H,1H3,(H,17,18);6-7H,1-5H3. The molecule has 83 heavy (non-hydrogen) atoms. The first-order valence-corrected chi connectivity index (χ1v) is 35.6. The molecule has 1 fully saturated rings. The quantitative estimate of drug-likeness (QED) is 0.0652. The summed E-state index contributed by atoms with van der Waals surface area (Å²) in [6, 6.07) is 20.5. The van der Waals surface area contributed by atoms with Gasteiger partial charge in [-0.05, 0) is 94.4 Å². The van der Waals surface area contributed by atoms with Gasteiger partial charge >= 0.3 is 7.12 Å². The molecule has 19 nitrogen and oxygen atoms in total. The van der Waals surface area contributed by atoms with E-state index in [1.54, 1.807) is 32.6 Å². The molecule has 1 aliphatic heterocycles. The van der Waals surface area contributed by atoms with E-state index in [1.807, 2.05) is 146 Å². The molecular formula is C60H73BClN15O4Si2. The Labute approximate surface area is 490 Å². The van der Waals surface area contributed by atoms with Crippen molar-refractivity contribution in [2.75, 3.05) is 13.2 Å². The molecule has 0 saturated carbocycles. The number of aromatic amines is 1. The minimum Gasteiger partial charge on any atom is -0.399 e. The van der Waals surface area contributed by atoms with Crippen LogP contribution in [0.25, 0.3) is 88.3 Å². The maximum Gasteiger partial charge on any atom is 0.498 e. The second-order valence-electron chi connectivity index (χ2n) is 24.4. The summed E-state index contributed by atoms with van der Waals surface area (Å²) in [4.78, 5) is 30.0. The predicted octanol–water partition coefficient (Wildman–Crippen LogP) is 12.1. The van der Waals surface area contributed by atoms with Gasteiger partial charge in [0, 0.05) is 143 Å². The van der Waals surface area contributed by atoms with Crippen molar-refractivity contribution < 1.29 is 18.8 Å². The number of pyridine rings is 6. The molecule has 0 bridgehead atoms. The van der Waals surface area contributed by atoms with Crippen molar-refractivity contribution in [1.29, 1.82) is 0 Å². The van der Waals surface area contributed by atoms with Crippen molar-refractivity contribution in [3.05, 3.63) is 134 Å². The number of nitrogens with zero attached hydrogens (tertiary/aromatic N) is 14. The Kier molecular flexibility index (Phi) is 17.0. The maximum atomic E-state index is 6.06. The molecule has 0 aromatic carbocycles. The summed E-state index contributed by atoms with van der Waals surface area (Å²) in [6.07, 6.45) is 22.3. The largest absolute Gasteiger partial charge is 0.498 e. The molecule has 0 radical (unpaired) electrons. The zero-order valence-corrected chi connectivity index (χ0v) is 52.5. The Bertz CT molecular complexity index is 4190. The lowest BCUT2D eigenvalue weighted by Crippen LogP contribution is -2.41. The van der Waals surface area contributed by atoms with Gasteiger partial charge in [0.05, 0.1) is 70.1 Å². The smallest absolute Gasteiger partial charge is 0.399 e. The SMILES string of the molecule is C[Si](C)(C)CCOCn1c2cnccc2c2ccc(Cl)nc21.Cn1cc(-c2ccc3c(n2)[nH]c2cnccc23)cn1.Cn1cc(-c2ccc3c4ccncc4n(COCC[Si](C)(C)C)c3n2)cn1.Cn1cc(B2OC(C)(C)C(C)(C)O2)cn1. The van der Waals surface area contributed by atoms with Crippen LogP contribution in [0.15, 0.2) is 129 Å². The molecule has 1 aliphatic rings. The van der Waals surface area contributed by atoms with Crippen LogP contribution in [0.3, 0.4) is 0 Å². The van der Waals surface area contributed by atoms with Gasteiger partial charge in [-0.2, -0.15) is 15.3 Å². The molecule has 1 N–H and O–H groups in total. The summed E-state index contributed by atoms with van der Waals surface area (Å²) < 4.78 is 33.2. The van der Waals surface area contributed by atoms with E-state index in [9.17, 15) is 0 Å². The van der Waals surface area contributed by atoms with E-state index in [0.29, 0.717) is 18.6 Å². The van der Waals surface area contributed by atoms with Gasteiger partial charge in [-0.15, -0.1) is 0 Å². The van der Waals surface area contributed by atoms with Gasteiger partial charge < -0.3 is 23.8 Å². The lowest BCUT2D eigenvalue weighted by atomic mass is 9.82. The molecule has 12 aromatic heterocycles. The molecule has 13 rings (SSSR count). The highest BCUT2D eigenvalue weighted by Crippen LogP contribution is 2.37. The van der Waals surface area contributed by atoms with Crippen molar-refractivity contribution in [3.8, 4) is 22.5 Å². The van der Waals surface area contributed by atoms with Crippen molar-refractivity contribution >= 4 is 106 Å². The Morgan fingerprint density at radius 1 is 0.530 bits per heavy atom. The average molecular weight is 1170 g/mol. The van der Waals surface area contributed by atoms with E-state index >= 15 is 0 Å². The van der Waals surface area contributed by atoms with Crippen LogP contribution in [0, 0.1) is 0 Å². The number of H-pyrrole nitrogens is 1. The van der Waals surface area contributed by atoms with Crippen molar-refractivity contribution in [2.45, 2.75) is 104 Å². The normalized spacial score (nSPS) is 14.1. The van der Waals surface area contributed by atoms with Crippen LogP contribution < -0.4 is 5.46 Å². The summed E-state index contributed by atoms with van der Waals surface area (Å²) >= 11 is 6.06. The predicted molar refractivity (Wildman–Crippen MR) is 338 cm³/mol. The van der Waals surface area contributed by atoms with Crippen LogP contribution in [0.4, 0.5) is 0 Å². The molecule has 0 atom stereocenters. The third kappa shape index (κ3) is 13.5. The van der Waals surface area contributed by atoms with Crippen LogP contribution in [0.1, 0.15) is 27.7 Å². The van der Waals surface area contributed by atoms with Crippen molar-refractivity contribution in [3.63, 3.8) is 0 Å². The van der Waals surface area contributed by atoms with Crippen LogP contribution in [-0.2, 0) is 53.4 Å². The molecule has 0 unspecified atom stereocenters. The van der Waals surface area contributed by atoms with Gasteiger partial charge in [-0.25, -0.2) is 15.0 Å². The number of aromatic nitrogens is 15. The molecule has 0 aliphatic carbocycles. The molecule has 430 valence electrons. The van der Waals surface area contributed by atoms with Gasteiger partial charge in [0.15, 0.2) is 0 Å². The molecule has 1 saturated heterocycles. The fourth-order valence-electron chi connectivity index (χ4n) is 9.52. The highest BCUT2D eigenvalue weighted by molar-refractivity contribution is 6.76. The van der Waals surface area contributed by atoms with E-state index in [2.05, 4.69) is 107 Å². The Balaban J connectivity index is 0.000000126. The number of hydrogen-bond donors (Lipinski definition) is 1. The lowest BCUT2D eigenvalue weighted by Gasteiger charge is -2.32. The van der Waals surface area contributed by atoms with Crippen molar-refractivity contribution in [2.24, 2.45) is 21.1 Å². The number of fused-ring (bicyclic) bond motifs is 9. The van der Waals surface area contributed by atoms with Crippen LogP contribution in [0.5, 0.6) is 0 Å². The Hall–Kier alpha value is -7.44. The molecule has 13 heterocycles. The van der Waals surface area contributed by atoms with Gasteiger partial charge in [-0.3, -0.25) is 38.1 Å². The average Bonchev–Trinajstić information content (AvgIpc) is 4.13. The van der Waals surface area contributed by atoms with Gasteiger partial charge in [-0.1, -0.05) is 50.9 Å². The number of ether oxygens (including phenoxy) is 2. The molecule has 0 spiro atoms. The number of aryl methyl sites for hydroxylation is 3. The summed E-state index contributed by atoms with van der Waals surface area (Å²) in [5.41, 5.74) is 9.99. The maximum absolute atomic E-state index is 6.06. The fourth-order valence-corrected chi connectivity index (χ4v) is 11.2. The summed E-state index contributed by atoms with van der Waals surface area (Å²) in [5.74, 6) is 0. The van der Waals surface area contributed by atoms with Crippen LogP contribution in [-0.4, -0.2) is 121 Å². The molecule has 0 amide bonds. The van der Waals surface area contributed by atoms with E-state index in [4.69, 9.17) is 35.4 Å². The zero-order valence-electron chi connectivity index (χ0n) is 49.7. The number of hydrogen-bond acceptors (Lipinski definition) is 13. The number of nitrogens with one attached hydrogen (secondary N) is 1. The summed E-state index contributed by atoms with van der Waals surface area (Å²) in [6.45, 7) is 24.8. The van der Waals surface area contributed by atoms with E-state index in [0.717, 1.165) is 119 Å². The Morgan fingerprint density at radius 2 is 1.00 bits per heavy atom. The Morgan fingerprint density at radius 3 is 1.51 bits per heavy atom. The summed E-state index contributed by atoms with van der Waals surface area (Å²) in [7, 11) is 3.21. The number of halogens is 1. The lowest BCUT2D eigenvalue weighted by molar-refractivity contribution is 0.00578. The van der Waals surface area contributed by atoms with Gasteiger partial charge in [0.1, 0.15) is 35.6 Å². The first kappa shape index (κ1) is 58.7.